The molecular formula is C12H15F4NO. The van der Waals surface area contributed by atoms with E-state index >= 15 is 0 Å². The molecule has 0 bridgehead atoms. The van der Waals surface area contributed by atoms with Gasteiger partial charge in [-0.25, -0.2) is 4.39 Å². The van der Waals surface area contributed by atoms with Gasteiger partial charge in [0.1, 0.15) is 5.82 Å². The lowest BCUT2D eigenvalue weighted by atomic mass is 9.93. The van der Waals surface area contributed by atoms with Crippen LogP contribution < -0.4 is 5.73 Å². The molecule has 0 heterocycles. The quantitative estimate of drug-likeness (QED) is 0.825. The third-order valence-corrected chi connectivity index (χ3v) is 2.74. The largest absolute Gasteiger partial charge is 0.419 e. The highest BCUT2D eigenvalue weighted by Crippen LogP contribution is 2.34. The third kappa shape index (κ3) is 3.00. The fraction of sp³-hybridized carbons (Fsp3) is 0.500. The molecule has 0 radical (unpaired) electrons. The molecule has 0 aliphatic carbocycles. The van der Waals surface area contributed by atoms with E-state index in [0.29, 0.717) is 6.07 Å². The van der Waals surface area contributed by atoms with Crippen LogP contribution in [0.5, 0.6) is 0 Å². The summed E-state index contributed by atoms with van der Waals surface area (Å²) in [5.41, 5.74) is 3.90. The molecule has 0 saturated heterocycles. The van der Waals surface area contributed by atoms with Crippen LogP contribution in [0.1, 0.15) is 31.0 Å². The first-order valence-corrected chi connectivity index (χ1v) is 5.45. The standard InChI is InChI=1S/C12H15F4NO/c1-6(2)11(18)10(17)7-4-3-5-8(9(7)13)12(14,15)16/h3-6,10-11,18H,17H2,1-2H3/t10-,11+/m0/s1. The van der Waals surface area contributed by atoms with Crippen LogP contribution >= 0.6 is 0 Å². The molecular weight excluding hydrogens is 250 g/mol. The summed E-state index contributed by atoms with van der Waals surface area (Å²) in [6, 6.07) is 1.69. The van der Waals surface area contributed by atoms with Gasteiger partial charge in [0.05, 0.1) is 17.7 Å². The topological polar surface area (TPSA) is 46.2 Å². The summed E-state index contributed by atoms with van der Waals surface area (Å²) in [5, 5.41) is 9.69. The number of hydrogen-bond donors (Lipinski definition) is 2. The molecule has 2 atom stereocenters. The lowest BCUT2D eigenvalue weighted by Gasteiger charge is -2.23. The zero-order valence-corrected chi connectivity index (χ0v) is 10.0. The van der Waals surface area contributed by atoms with Crippen molar-refractivity contribution in [2.75, 3.05) is 0 Å². The van der Waals surface area contributed by atoms with E-state index in [9.17, 15) is 22.7 Å². The van der Waals surface area contributed by atoms with Gasteiger partial charge in [0.2, 0.25) is 0 Å². The molecule has 0 saturated carbocycles. The van der Waals surface area contributed by atoms with Crippen LogP contribution in [0.2, 0.25) is 0 Å². The zero-order chi connectivity index (χ0) is 14.1. The third-order valence-electron chi connectivity index (χ3n) is 2.74. The molecule has 0 amide bonds. The van der Waals surface area contributed by atoms with E-state index in [2.05, 4.69) is 0 Å². The molecule has 0 aliphatic heterocycles. The summed E-state index contributed by atoms with van der Waals surface area (Å²) >= 11 is 0. The molecule has 0 spiro atoms. The lowest BCUT2D eigenvalue weighted by molar-refractivity contribution is -0.140. The van der Waals surface area contributed by atoms with Crippen LogP contribution in [-0.2, 0) is 6.18 Å². The number of rotatable bonds is 3. The Morgan fingerprint density at radius 3 is 2.22 bits per heavy atom. The maximum Gasteiger partial charge on any atom is 0.419 e. The van der Waals surface area contributed by atoms with Crippen molar-refractivity contribution < 1.29 is 22.7 Å². The molecule has 18 heavy (non-hydrogen) atoms. The Labute approximate surface area is 102 Å². The van der Waals surface area contributed by atoms with Crippen molar-refractivity contribution in [3.8, 4) is 0 Å². The predicted molar refractivity (Wildman–Crippen MR) is 59.2 cm³/mol. The van der Waals surface area contributed by atoms with Gasteiger partial charge >= 0.3 is 6.18 Å². The number of aliphatic hydroxyl groups excluding tert-OH is 1. The SMILES string of the molecule is CC(C)[C@@H](O)[C@@H](N)c1cccc(C(F)(F)F)c1F. The molecule has 1 rings (SSSR count). The Hall–Kier alpha value is -1.14. The van der Waals surface area contributed by atoms with Gasteiger partial charge in [-0.1, -0.05) is 26.0 Å². The van der Waals surface area contributed by atoms with E-state index in [-0.39, 0.29) is 11.5 Å². The molecule has 1 aromatic rings. The highest BCUT2D eigenvalue weighted by Gasteiger charge is 2.36. The van der Waals surface area contributed by atoms with E-state index < -0.39 is 29.7 Å². The van der Waals surface area contributed by atoms with Crippen molar-refractivity contribution in [2.24, 2.45) is 11.7 Å². The number of halogens is 4. The second-order valence-electron chi connectivity index (χ2n) is 4.47. The number of alkyl halides is 3. The normalized spacial score (nSPS) is 15.8. The highest BCUT2D eigenvalue weighted by molar-refractivity contribution is 5.30. The Bertz CT molecular complexity index is 417. The van der Waals surface area contributed by atoms with Gasteiger partial charge in [-0.15, -0.1) is 0 Å². The van der Waals surface area contributed by atoms with Gasteiger partial charge in [-0.05, 0) is 12.0 Å². The fourth-order valence-corrected chi connectivity index (χ4v) is 1.62. The first-order chi connectivity index (χ1) is 8.16. The summed E-state index contributed by atoms with van der Waals surface area (Å²) in [5.74, 6) is -1.70. The maximum absolute atomic E-state index is 13.7. The van der Waals surface area contributed by atoms with Crippen LogP contribution in [0.15, 0.2) is 18.2 Å². The van der Waals surface area contributed by atoms with Crippen LogP contribution in [0.4, 0.5) is 17.6 Å². The Kier molecular flexibility index (Phi) is 4.34. The van der Waals surface area contributed by atoms with Crippen LogP contribution in [0.3, 0.4) is 0 Å². The predicted octanol–water partition coefficient (Wildman–Crippen LogP) is 2.86. The zero-order valence-electron chi connectivity index (χ0n) is 10.0. The highest BCUT2D eigenvalue weighted by atomic mass is 19.4. The summed E-state index contributed by atoms with van der Waals surface area (Å²) in [4.78, 5) is 0. The average molecular weight is 265 g/mol. The van der Waals surface area contributed by atoms with Gasteiger partial charge in [0, 0.05) is 5.56 Å². The Morgan fingerprint density at radius 1 is 1.22 bits per heavy atom. The number of aliphatic hydroxyl groups is 1. The number of nitrogens with two attached hydrogens (primary N) is 1. The first-order valence-electron chi connectivity index (χ1n) is 5.45. The van der Waals surface area contributed by atoms with Gasteiger partial charge < -0.3 is 10.8 Å². The molecule has 0 aromatic heterocycles. The first kappa shape index (κ1) is 14.9. The Balaban J connectivity index is 3.19. The summed E-state index contributed by atoms with van der Waals surface area (Å²) in [6.45, 7) is 3.30. The van der Waals surface area contributed by atoms with Crippen molar-refractivity contribution in [3.05, 3.63) is 35.1 Å². The fourth-order valence-electron chi connectivity index (χ4n) is 1.62. The van der Waals surface area contributed by atoms with Crippen molar-refractivity contribution in [1.82, 2.24) is 0 Å². The minimum atomic E-state index is -4.78. The maximum atomic E-state index is 13.7. The molecule has 0 unspecified atom stereocenters. The van der Waals surface area contributed by atoms with E-state index in [1.807, 2.05) is 0 Å². The number of hydrogen-bond acceptors (Lipinski definition) is 2. The van der Waals surface area contributed by atoms with Gasteiger partial charge in [-0.2, -0.15) is 13.2 Å². The lowest BCUT2D eigenvalue weighted by Crippen LogP contribution is -2.31. The summed E-state index contributed by atoms with van der Waals surface area (Å²) in [7, 11) is 0. The molecule has 102 valence electrons. The van der Waals surface area contributed by atoms with Gasteiger partial charge in [0.25, 0.3) is 0 Å². The van der Waals surface area contributed by atoms with Crippen LogP contribution in [-0.4, -0.2) is 11.2 Å². The minimum Gasteiger partial charge on any atom is -0.391 e. The molecule has 0 aliphatic rings. The smallest absolute Gasteiger partial charge is 0.391 e. The van der Waals surface area contributed by atoms with E-state index in [1.54, 1.807) is 13.8 Å². The Morgan fingerprint density at radius 2 is 1.78 bits per heavy atom. The average Bonchev–Trinajstić information content (AvgIpc) is 2.25. The van der Waals surface area contributed by atoms with Gasteiger partial charge in [-0.3, -0.25) is 0 Å². The van der Waals surface area contributed by atoms with Crippen molar-refractivity contribution in [2.45, 2.75) is 32.2 Å². The second kappa shape index (κ2) is 5.24. The van der Waals surface area contributed by atoms with Crippen LogP contribution in [0.25, 0.3) is 0 Å². The second-order valence-corrected chi connectivity index (χ2v) is 4.47. The summed E-state index contributed by atoms with van der Waals surface area (Å²) in [6.07, 6.45) is -5.88. The van der Waals surface area contributed by atoms with Crippen molar-refractivity contribution in [3.63, 3.8) is 0 Å². The molecule has 1 aromatic carbocycles. The molecule has 2 nitrogen and oxygen atoms in total. The minimum absolute atomic E-state index is 0.283. The molecule has 6 heteroatoms. The van der Waals surface area contributed by atoms with Gasteiger partial charge in [0.15, 0.2) is 0 Å². The van der Waals surface area contributed by atoms with E-state index in [1.165, 1.54) is 0 Å². The van der Waals surface area contributed by atoms with E-state index in [0.717, 1.165) is 12.1 Å². The van der Waals surface area contributed by atoms with Crippen LogP contribution in [0, 0.1) is 11.7 Å². The summed E-state index contributed by atoms with van der Waals surface area (Å²) < 4.78 is 51.3. The molecule has 0 fully saturated rings. The number of benzene rings is 1. The van der Waals surface area contributed by atoms with Crippen molar-refractivity contribution in [1.29, 1.82) is 0 Å². The van der Waals surface area contributed by atoms with Crippen molar-refractivity contribution >= 4 is 0 Å². The molecule has 3 N–H and O–H groups in total. The monoisotopic (exact) mass is 265 g/mol. The van der Waals surface area contributed by atoms with E-state index in [4.69, 9.17) is 5.73 Å².